The van der Waals surface area contributed by atoms with E-state index in [1.165, 1.54) is 19.3 Å². The van der Waals surface area contributed by atoms with Crippen LogP contribution in [0.15, 0.2) is 29.2 Å². The van der Waals surface area contributed by atoms with Crippen LogP contribution < -0.4 is 0 Å². The van der Waals surface area contributed by atoms with Crippen molar-refractivity contribution in [2.45, 2.75) is 49.0 Å². The molecule has 0 saturated heterocycles. The van der Waals surface area contributed by atoms with E-state index in [9.17, 15) is 9.00 Å². The van der Waals surface area contributed by atoms with E-state index in [-0.39, 0.29) is 11.4 Å². The average molecular weight is 301 g/mol. The van der Waals surface area contributed by atoms with Crippen molar-refractivity contribution in [2.75, 3.05) is 0 Å². The van der Waals surface area contributed by atoms with Crippen LogP contribution in [0.25, 0.3) is 0 Å². The molecule has 1 atom stereocenters. The lowest BCUT2D eigenvalue weighted by Gasteiger charge is -2.58. The van der Waals surface area contributed by atoms with Gasteiger partial charge in [0.25, 0.3) is 5.91 Å². The summed E-state index contributed by atoms with van der Waals surface area (Å²) in [5.74, 6) is 2.27. The van der Waals surface area contributed by atoms with Crippen molar-refractivity contribution in [3.8, 4) is 0 Å². The van der Waals surface area contributed by atoms with Crippen LogP contribution in [-0.2, 0) is 11.0 Å². The Morgan fingerprint density at radius 1 is 1.00 bits per heavy atom. The maximum absolute atomic E-state index is 12.9. The minimum atomic E-state index is -1.29. The molecule has 5 aliphatic rings. The largest absolute Gasteiger partial charge is 0.268 e. The van der Waals surface area contributed by atoms with Crippen LogP contribution in [0.5, 0.6) is 0 Å². The van der Waals surface area contributed by atoms with Crippen molar-refractivity contribution >= 4 is 16.9 Å². The molecule has 0 radical (unpaired) electrons. The summed E-state index contributed by atoms with van der Waals surface area (Å²) in [6.07, 6.45) is 7.22. The Kier molecular flexibility index (Phi) is 2.35. The second-order valence-corrected chi connectivity index (χ2v) is 8.79. The van der Waals surface area contributed by atoms with Crippen LogP contribution in [-0.4, -0.2) is 20.0 Å². The van der Waals surface area contributed by atoms with Gasteiger partial charge in [-0.05, 0) is 68.4 Å². The highest BCUT2D eigenvalue weighted by atomic mass is 32.2. The molecule has 0 aromatic heterocycles. The predicted molar refractivity (Wildman–Crippen MR) is 79.9 cm³/mol. The van der Waals surface area contributed by atoms with Gasteiger partial charge in [-0.3, -0.25) is 4.79 Å². The van der Waals surface area contributed by atoms with Crippen molar-refractivity contribution in [1.82, 2.24) is 4.31 Å². The Balaban J connectivity index is 1.60. The molecule has 1 unspecified atom stereocenters. The lowest BCUT2D eigenvalue weighted by Crippen LogP contribution is -2.60. The summed E-state index contributed by atoms with van der Waals surface area (Å²) in [5, 5.41) is 0. The van der Waals surface area contributed by atoms with Gasteiger partial charge in [0.05, 0.1) is 16.0 Å². The molecule has 1 aliphatic heterocycles. The van der Waals surface area contributed by atoms with Gasteiger partial charge >= 0.3 is 0 Å². The standard InChI is InChI=1S/C17H19NO2S/c19-16-14-3-1-2-4-15(14)21(20)18(16)17-8-11-5-12(9-17)7-13(6-11)10-17/h1-4,11-13H,5-10H2. The fourth-order valence-electron chi connectivity index (χ4n) is 5.78. The summed E-state index contributed by atoms with van der Waals surface area (Å²) >= 11 is 0. The number of amides is 1. The van der Waals surface area contributed by atoms with Crippen LogP contribution in [0.1, 0.15) is 48.9 Å². The third-order valence-corrected chi connectivity index (χ3v) is 7.71. The van der Waals surface area contributed by atoms with Gasteiger partial charge in [0.2, 0.25) is 0 Å². The summed E-state index contributed by atoms with van der Waals surface area (Å²) in [6.45, 7) is 0. The molecule has 1 aromatic rings. The van der Waals surface area contributed by atoms with Gasteiger partial charge in [-0.1, -0.05) is 12.1 Å². The number of hydrogen-bond acceptors (Lipinski definition) is 2. The maximum atomic E-state index is 12.9. The van der Waals surface area contributed by atoms with Gasteiger partial charge in [0.1, 0.15) is 0 Å². The molecule has 21 heavy (non-hydrogen) atoms. The van der Waals surface area contributed by atoms with E-state index in [4.69, 9.17) is 0 Å². The van der Waals surface area contributed by atoms with Crippen LogP contribution in [0, 0.1) is 17.8 Å². The Hall–Kier alpha value is -1.16. The van der Waals surface area contributed by atoms with Crippen molar-refractivity contribution in [3.63, 3.8) is 0 Å². The summed E-state index contributed by atoms with van der Waals surface area (Å²) in [6, 6.07) is 7.43. The number of benzene rings is 1. The lowest BCUT2D eigenvalue weighted by molar-refractivity contribution is -0.0460. The van der Waals surface area contributed by atoms with E-state index in [1.54, 1.807) is 4.31 Å². The lowest BCUT2D eigenvalue weighted by atomic mass is 9.53. The zero-order valence-corrected chi connectivity index (χ0v) is 12.8. The van der Waals surface area contributed by atoms with Crippen molar-refractivity contribution in [2.24, 2.45) is 17.8 Å². The van der Waals surface area contributed by atoms with E-state index in [0.717, 1.165) is 41.9 Å². The molecular formula is C17H19NO2S. The fraction of sp³-hybridized carbons (Fsp3) is 0.588. The summed E-state index contributed by atoms with van der Waals surface area (Å²) < 4.78 is 14.7. The highest BCUT2D eigenvalue weighted by molar-refractivity contribution is 7.84. The van der Waals surface area contributed by atoms with E-state index in [1.807, 2.05) is 24.3 Å². The van der Waals surface area contributed by atoms with E-state index in [2.05, 4.69) is 0 Å². The van der Waals surface area contributed by atoms with E-state index < -0.39 is 11.0 Å². The zero-order valence-electron chi connectivity index (χ0n) is 12.0. The van der Waals surface area contributed by atoms with Crippen molar-refractivity contribution < 1.29 is 9.00 Å². The first kappa shape index (κ1) is 12.4. The Labute approximate surface area is 127 Å². The SMILES string of the molecule is O=C1c2ccccc2S(=O)N1C12CC3CC(CC(C3)C1)C2. The average Bonchev–Trinajstić information content (AvgIpc) is 2.70. The van der Waals surface area contributed by atoms with E-state index >= 15 is 0 Å². The maximum Gasteiger partial charge on any atom is 0.267 e. The molecule has 4 bridgehead atoms. The molecule has 0 spiro atoms. The van der Waals surface area contributed by atoms with Crippen LogP contribution in [0.2, 0.25) is 0 Å². The quantitative estimate of drug-likeness (QED) is 0.799. The molecule has 110 valence electrons. The number of carbonyl (C=O) groups is 1. The topological polar surface area (TPSA) is 37.4 Å². The van der Waals surface area contributed by atoms with Gasteiger partial charge in [-0.2, -0.15) is 0 Å². The van der Waals surface area contributed by atoms with Crippen LogP contribution in [0.3, 0.4) is 0 Å². The Morgan fingerprint density at radius 3 is 2.14 bits per heavy atom. The summed E-state index contributed by atoms with van der Waals surface area (Å²) in [5.41, 5.74) is 0.544. The highest BCUT2D eigenvalue weighted by Crippen LogP contribution is 2.59. The normalized spacial score (nSPS) is 43.4. The molecule has 1 heterocycles. The van der Waals surface area contributed by atoms with Gasteiger partial charge in [-0.15, -0.1) is 0 Å². The van der Waals surface area contributed by atoms with Gasteiger partial charge in [-0.25, -0.2) is 8.51 Å². The molecule has 4 heteroatoms. The van der Waals surface area contributed by atoms with Crippen molar-refractivity contribution in [1.29, 1.82) is 0 Å². The number of fused-ring (bicyclic) bond motifs is 1. The Morgan fingerprint density at radius 2 is 1.57 bits per heavy atom. The highest BCUT2D eigenvalue weighted by Gasteiger charge is 2.58. The number of nitrogens with zero attached hydrogens (tertiary/aromatic N) is 1. The minimum absolute atomic E-state index is 0.00545. The molecule has 6 rings (SSSR count). The fourth-order valence-corrected chi connectivity index (χ4v) is 7.34. The van der Waals surface area contributed by atoms with Gasteiger partial charge < -0.3 is 0 Å². The second-order valence-electron chi connectivity index (χ2n) is 7.49. The Bertz CT molecular complexity index is 598. The number of rotatable bonds is 1. The first-order chi connectivity index (χ1) is 10.2. The molecule has 4 saturated carbocycles. The molecule has 4 fully saturated rings. The molecule has 1 aromatic carbocycles. The smallest absolute Gasteiger partial charge is 0.267 e. The molecule has 4 aliphatic carbocycles. The molecule has 3 nitrogen and oxygen atoms in total. The summed E-state index contributed by atoms with van der Waals surface area (Å²) in [7, 11) is -1.29. The molecule has 0 N–H and O–H groups in total. The minimum Gasteiger partial charge on any atom is -0.268 e. The number of carbonyl (C=O) groups excluding carboxylic acids is 1. The third-order valence-electron chi connectivity index (χ3n) is 6.09. The summed E-state index contributed by atoms with van der Waals surface area (Å²) in [4.78, 5) is 13.6. The first-order valence-corrected chi connectivity index (χ1v) is 9.12. The van der Waals surface area contributed by atoms with E-state index in [0.29, 0.717) is 5.56 Å². The van der Waals surface area contributed by atoms with Gasteiger partial charge in [0, 0.05) is 0 Å². The zero-order chi connectivity index (χ0) is 14.2. The van der Waals surface area contributed by atoms with Crippen LogP contribution >= 0.6 is 0 Å². The molecule has 1 amide bonds. The predicted octanol–water partition coefficient (Wildman–Crippen LogP) is 3.13. The van der Waals surface area contributed by atoms with Gasteiger partial charge in [0.15, 0.2) is 11.0 Å². The molecular weight excluding hydrogens is 282 g/mol. The van der Waals surface area contributed by atoms with Crippen molar-refractivity contribution in [3.05, 3.63) is 29.8 Å². The second kappa shape index (κ2) is 3.97. The first-order valence-electron chi connectivity index (χ1n) is 8.02. The third kappa shape index (κ3) is 1.54. The monoisotopic (exact) mass is 301 g/mol. The number of hydrogen-bond donors (Lipinski definition) is 0. The van der Waals surface area contributed by atoms with Crippen LogP contribution in [0.4, 0.5) is 0 Å².